The highest BCUT2D eigenvalue weighted by molar-refractivity contribution is 7.13. The molecule has 1 aromatic carbocycles. The highest BCUT2D eigenvalue weighted by Crippen LogP contribution is 2.26. The molecule has 3 rings (SSSR count). The molecule has 2 heterocycles. The lowest BCUT2D eigenvalue weighted by Gasteiger charge is -2.29. The molecule has 103 valence electrons. The summed E-state index contributed by atoms with van der Waals surface area (Å²) < 4.78 is 0. The molecular formula is C17H18NOS. The van der Waals surface area contributed by atoms with Gasteiger partial charge in [0.05, 0.1) is 0 Å². The second-order valence-corrected chi connectivity index (χ2v) is 6.25. The molecular weight excluding hydrogens is 266 g/mol. The highest BCUT2D eigenvalue weighted by atomic mass is 32.1. The van der Waals surface area contributed by atoms with Crippen molar-refractivity contribution in [3.8, 4) is 10.4 Å². The second kappa shape index (κ2) is 6.33. The molecule has 0 N–H and O–H groups in total. The van der Waals surface area contributed by atoms with Crippen LogP contribution in [-0.2, 0) is 11.3 Å². The summed E-state index contributed by atoms with van der Waals surface area (Å²) in [5, 5.41) is 3.14. The summed E-state index contributed by atoms with van der Waals surface area (Å²) in [6.45, 7) is 3.04. The Balaban J connectivity index is 1.66. The maximum Gasteiger partial charge on any atom is 0.123 e. The molecule has 1 aliphatic heterocycles. The molecule has 1 aromatic heterocycles. The van der Waals surface area contributed by atoms with E-state index in [-0.39, 0.29) is 5.92 Å². The summed E-state index contributed by atoms with van der Waals surface area (Å²) in [4.78, 5) is 14.5. The van der Waals surface area contributed by atoms with E-state index in [1.165, 1.54) is 16.0 Å². The van der Waals surface area contributed by atoms with Crippen LogP contribution in [0.15, 0.2) is 36.4 Å². The predicted molar refractivity (Wildman–Crippen MR) is 82.7 cm³/mol. The van der Waals surface area contributed by atoms with Gasteiger partial charge >= 0.3 is 0 Å². The SMILES string of the molecule is O=CC1CCN(Cc2cccc(-c3cc[c]s3)c2)CC1. The topological polar surface area (TPSA) is 20.3 Å². The zero-order valence-electron chi connectivity index (χ0n) is 11.4. The Morgan fingerprint density at radius 3 is 2.85 bits per heavy atom. The number of aldehydes is 1. The quantitative estimate of drug-likeness (QED) is 0.799. The van der Waals surface area contributed by atoms with Crippen molar-refractivity contribution in [3.63, 3.8) is 0 Å². The molecule has 1 radical (unpaired) electrons. The smallest absolute Gasteiger partial charge is 0.123 e. The Morgan fingerprint density at radius 2 is 2.15 bits per heavy atom. The summed E-state index contributed by atoms with van der Waals surface area (Å²) in [7, 11) is 0. The van der Waals surface area contributed by atoms with Crippen molar-refractivity contribution in [1.29, 1.82) is 0 Å². The largest absolute Gasteiger partial charge is 0.303 e. The van der Waals surface area contributed by atoms with E-state index in [0.29, 0.717) is 0 Å². The van der Waals surface area contributed by atoms with Gasteiger partial charge in [-0.15, -0.1) is 11.3 Å². The molecule has 1 fully saturated rings. The molecule has 0 spiro atoms. The average Bonchev–Trinajstić information content (AvgIpc) is 3.03. The highest BCUT2D eigenvalue weighted by Gasteiger charge is 2.18. The lowest BCUT2D eigenvalue weighted by molar-refractivity contribution is -0.112. The first-order chi connectivity index (χ1) is 9.85. The number of rotatable bonds is 4. The van der Waals surface area contributed by atoms with Crippen LogP contribution in [0, 0.1) is 11.3 Å². The number of hydrogen-bond donors (Lipinski definition) is 0. The fraction of sp³-hybridized carbons (Fsp3) is 0.353. The van der Waals surface area contributed by atoms with Crippen LogP contribution < -0.4 is 0 Å². The fourth-order valence-electron chi connectivity index (χ4n) is 2.72. The first-order valence-electron chi connectivity index (χ1n) is 7.08. The van der Waals surface area contributed by atoms with Gasteiger partial charge in [-0.05, 0) is 55.3 Å². The molecule has 1 aliphatic rings. The van der Waals surface area contributed by atoms with Gasteiger partial charge in [-0.25, -0.2) is 0 Å². The number of carbonyl (C=O) groups is 1. The van der Waals surface area contributed by atoms with Crippen molar-refractivity contribution >= 4 is 17.6 Å². The van der Waals surface area contributed by atoms with Crippen LogP contribution in [-0.4, -0.2) is 24.3 Å². The van der Waals surface area contributed by atoms with Gasteiger partial charge in [-0.3, -0.25) is 4.90 Å². The van der Waals surface area contributed by atoms with Crippen LogP contribution in [0.2, 0.25) is 0 Å². The van der Waals surface area contributed by atoms with Gasteiger partial charge in [0, 0.05) is 22.7 Å². The van der Waals surface area contributed by atoms with Crippen LogP contribution in [0.25, 0.3) is 10.4 Å². The van der Waals surface area contributed by atoms with Gasteiger partial charge in [0.25, 0.3) is 0 Å². The van der Waals surface area contributed by atoms with Crippen LogP contribution in [0.3, 0.4) is 0 Å². The maximum atomic E-state index is 10.8. The normalized spacial score (nSPS) is 17.2. The van der Waals surface area contributed by atoms with Crippen LogP contribution in [0.4, 0.5) is 0 Å². The lowest BCUT2D eigenvalue weighted by atomic mass is 9.98. The third-order valence-electron chi connectivity index (χ3n) is 3.91. The van der Waals surface area contributed by atoms with E-state index in [1.54, 1.807) is 11.3 Å². The molecule has 0 aliphatic carbocycles. The van der Waals surface area contributed by atoms with Crippen LogP contribution in [0.1, 0.15) is 18.4 Å². The number of nitrogens with zero attached hydrogens (tertiary/aromatic N) is 1. The standard InChI is InChI=1S/C17H18NOS/c19-13-14-6-8-18(9-7-14)12-15-3-1-4-16(11-15)17-5-2-10-20-17/h1-5,11,13-14H,6-9,12H2. The zero-order chi connectivity index (χ0) is 13.8. The number of benzene rings is 1. The number of thiophene rings is 1. The monoisotopic (exact) mass is 284 g/mol. The minimum absolute atomic E-state index is 0.277. The van der Waals surface area contributed by atoms with Gasteiger partial charge in [-0.1, -0.05) is 18.2 Å². The summed E-state index contributed by atoms with van der Waals surface area (Å²) in [5.41, 5.74) is 2.62. The lowest BCUT2D eigenvalue weighted by Crippen LogP contribution is -2.33. The predicted octanol–water partition coefficient (Wildman–Crippen LogP) is 3.63. The van der Waals surface area contributed by atoms with Gasteiger partial charge in [0.15, 0.2) is 0 Å². The van der Waals surface area contributed by atoms with Crippen LogP contribution in [0.5, 0.6) is 0 Å². The third kappa shape index (κ3) is 3.17. The maximum absolute atomic E-state index is 10.8. The van der Waals surface area contributed by atoms with E-state index in [9.17, 15) is 4.79 Å². The van der Waals surface area contributed by atoms with Crippen molar-refractivity contribution in [2.24, 2.45) is 5.92 Å². The summed E-state index contributed by atoms with van der Waals surface area (Å²) in [6.07, 6.45) is 3.12. The summed E-state index contributed by atoms with van der Waals surface area (Å²) in [5.74, 6) is 0.277. The van der Waals surface area contributed by atoms with Crippen LogP contribution >= 0.6 is 11.3 Å². The van der Waals surface area contributed by atoms with Crippen molar-refractivity contribution < 1.29 is 4.79 Å². The molecule has 0 bridgehead atoms. The minimum Gasteiger partial charge on any atom is -0.303 e. The number of carbonyl (C=O) groups excluding carboxylic acids is 1. The Kier molecular flexibility index (Phi) is 4.28. The molecule has 0 atom stereocenters. The van der Waals surface area contributed by atoms with Gasteiger partial charge in [-0.2, -0.15) is 0 Å². The molecule has 2 nitrogen and oxygen atoms in total. The van der Waals surface area contributed by atoms with Gasteiger partial charge in [0.2, 0.25) is 0 Å². The Hall–Kier alpha value is -1.45. The Morgan fingerprint density at radius 1 is 1.30 bits per heavy atom. The van der Waals surface area contributed by atoms with E-state index in [2.05, 4.69) is 40.6 Å². The zero-order valence-corrected chi connectivity index (χ0v) is 12.2. The van der Waals surface area contributed by atoms with Crippen molar-refractivity contribution in [2.45, 2.75) is 19.4 Å². The first kappa shape index (κ1) is 13.5. The van der Waals surface area contributed by atoms with Crippen molar-refractivity contribution in [1.82, 2.24) is 4.90 Å². The van der Waals surface area contributed by atoms with E-state index >= 15 is 0 Å². The molecule has 0 amide bonds. The molecule has 20 heavy (non-hydrogen) atoms. The molecule has 1 saturated heterocycles. The Labute approximate surface area is 124 Å². The fourth-order valence-corrected chi connectivity index (χ4v) is 3.37. The van der Waals surface area contributed by atoms with E-state index < -0.39 is 0 Å². The van der Waals surface area contributed by atoms with E-state index in [4.69, 9.17) is 0 Å². The molecule has 3 heteroatoms. The van der Waals surface area contributed by atoms with Crippen molar-refractivity contribution in [3.05, 3.63) is 47.3 Å². The second-order valence-electron chi connectivity index (χ2n) is 5.37. The summed E-state index contributed by atoms with van der Waals surface area (Å²) in [6, 6.07) is 12.8. The average molecular weight is 284 g/mol. The van der Waals surface area contributed by atoms with Gasteiger partial charge in [0.1, 0.15) is 6.29 Å². The molecule has 0 saturated carbocycles. The van der Waals surface area contributed by atoms with Crippen molar-refractivity contribution in [2.75, 3.05) is 13.1 Å². The molecule has 0 unspecified atom stereocenters. The first-order valence-corrected chi connectivity index (χ1v) is 7.89. The number of hydrogen-bond acceptors (Lipinski definition) is 3. The minimum atomic E-state index is 0.277. The van der Waals surface area contributed by atoms with Gasteiger partial charge < -0.3 is 4.79 Å². The van der Waals surface area contributed by atoms with E-state index in [1.807, 2.05) is 6.07 Å². The Bertz CT molecular complexity index is 556. The van der Waals surface area contributed by atoms with E-state index in [0.717, 1.165) is 38.8 Å². The number of likely N-dealkylation sites (tertiary alicyclic amines) is 1. The third-order valence-corrected chi connectivity index (χ3v) is 4.76. The molecule has 2 aromatic rings. The number of piperidine rings is 1. The summed E-state index contributed by atoms with van der Waals surface area (Å²) >= 11 is 1.66.